The van der Waals surface area contributed by atoms with Gasteiger partial charge in [0.05, 0.1) is 6.54 Å². The first-order valence-corrected chi connectivity index (χ1v) is 10.7. The van der Waals surface area contributed by atoms with Crippen LogP contribution in [-0.4, -0.2) is 64.8 Å². The van der Waals surface area contributed by atoms with E-state index < -0.39 is 0 Å². The molecule has 1 atom stereocenters. The van der Waals surface area contributed by atoms with Crippen molar-refractivity contribution in [1.29, 1.82) is 0 Å². The summed E-state index contributed by atoms with van der Waals surface area (Å²) in [6.07, 6.45) is 4.48. The number of aromatic nitrogens is 2. The number of carbonyl (C=O) groups excluding carboxylic acids is 1. The highest BCUT2D eigenvalue weighted by Gasteiger charge is 2.31. The molecule has 0 unspecified atom stereocenters. The first-order valence-electron chi connectivity index (χ1n) is 10.7. The number of piperazine rings is 1. The second kappa shape index (κ2) is 9.10. The lowest BCUT2D eigenvalue weighted by Gasteiger charge is -2.32. The smallest absolute Gasteiger partial charge is 0.274 e. The second-order valence-corrected chi connectivity index (χ2v) is 8.29. The Bertz CT molecular complexity index is 899. The topological polar surface area (TPSA) is 53.4 Å². The van der Waals surface area contributed by atoms with Crippen molar-refractivity contribution in [3.63, 3.8) is 0 Å². The zero-order valence-electron chi connectivity index (χ0n) is 17.6. The molecule has 1 aliphatic heterocycles. The van der Waals surface area contributed by atoms with Crippen molar-refractivity contribution in [2.24, 2.45) is 0 Å². The van der Waals surface area contributed by atoms with Gasteiger partial charge in [-0.1, -0.05) is 18.2 Å². The number of rotatable bonds is 6. The van der Waals surface area contributed by atoms with Crippen molar-refractivity contribution < 1.29 is 9.18 Å². The van der Waals surface area contributed by atoms with Gasteiger partial charge in [0.15, 0.2) is 5.69 Å². The standard InChI is InChI=1S/C23H30FN5O/c1-3-10-29-21-9-8-19(25-16-17-4-6-18(24)7-5-17)15-20(21)22(26-29)23(30)28-13-11-27(2)12-14-28/h3-7,19,25H,1,8-16H2,2H3/t19-/m0/s1. The fourth-order valence-corrected chi connectivity index (χ4v) is 4.33. The molecule has 1 aromatic heterocycles. The molecule has 160 valence electrons. The molecule has 6 nitrogen and oxygen atoms in total. The number of nitrogens with zero attached hydrogens (tertiary/aromatic N) is 4. The van der Waals surface area contributed by atoms with Gasteiger partial charge in [-0.25, -0.2) is 4.39 Å². The number of halogens is 1. The van der Waals surface area contributed by atoms with Gasteiger partial charge in [-0.2, -0.15) is 5.10 Å². The largest absolute Gasteiger partial charge is 0.335 e. The number of fused-ring (bicyclic) bond motifs is 1. The highest BCUT2D eigenvalue weighted by atomic mass is 19.1. The average molecular weight is 412 g/mol. The van der Waals surface area contributed by atoms with Crippen LogP contribution in [0.4, 0.5) is 4.39 Å². The van der Waals surface area contributed by atoms with Gasteiger partial charge in [-0.3, -0.25) is 9.48 Å². The van der Waals surface area contributed by atoms with Crippen LogP contribution in [0.5, 0.6) is 0 Å². The molecule has 0 saturated carbocycles. The van der Waals surface area contributed by atoms with Gasteiger partial charge in [0.25, 0.3) is 5.91 Å². The van der Waals surface area contributed by atoms with Crippen LogP contribution in [0.15, 0.2) is 36.9 Å². The maximum Gasteiger partial charge on any atom is 0.274 e. The van der Waals surface area contributed by atoms with Crippen LogP contribution < -0.4 is 5.32 Å². The Morgan fingerprint density at radius 2 is 2.00 bits per heavy atom. The lowest BCUT2D eigenvalue weighted by Crippen LogP contribution is -2.47. The van der Waals surface area contributed by atoms with Crippen LogP contribution in [0, 0.1) is 5.82 Å². The van der Waals surface area contributed by atoms with Crippen LogP contribution in [-0.2, 0) is 25.9 Å². The van der Waals surface area contributed by atoms with E-state index in [-0.39, 0.29) is 17.8 Å². The molecule has 30 heavy (non-hydrogen) atoms. The number of carbonyl (C=O) groups is 1. The maximum absolute atomic E-state index is 13.3. The molecular weight excluding hydrogens is 381 g/mol. The molecule has 1 N–H and O–H groups in total. The summed E-state index contributed by atoms with van der Waals surface area (Å²) in [4.78, 5) is 17.4. The third kappa shape index (κ3) is 4.47. The molecule has 1 fully saturated rings. The molecule has 1 aliphatic carbocycles. The summed E-state index contributed by atoms with van der Waals surface area (Å²) in [6, 6.07) is 6.86. The number of amides is 1. The molecule has 2 heterocycles. The summed E-state index contributed by atoms with van der Waals surface area (Å²) in [5, 5.41) is 8.29. The summed E-state index contributed by atoms with van der Waals surface area (Å²) in [5.41, 5.74) is 3.89. The molecule has 0 spiro atoms. The number of hydrogen-bond donors (Lipinski definition) is 1. The molecule has 1 saturated heterocycles. The van der Waals surface area contributed by atoms with E-state index in [1.807, 2.05) is 15.7 Å². The summed E-state index contributed by atoms with van der Waals surface area (Å²) in [5.74, 6) is -0.177. The van der Waals surface area contributed by atoms with Gasteiger partial charge < -0.3 is 15.1 Å². The first-order chi connectivity index (χ1) is 14.5. The molecule has 2 aromatic rings. The maximum atomic E-state index is 13.3. The van der Waals surface area contributed by atoms with E-state index >= 15 is 0 Å². The summed E-state index contributed by atoms with van der Waals surface area (Å²) >= 11 is 0. The van der Waals surface area contributed by atoms with E-state index in [1.54, 1.807) is 12.1 Å². The van der Waals surface area contributed by atoms with Crippen LogP contribution in [0.3, 0.4) is 0 Å². The minimum absolute atomic E-state index is 0.0429. The average Bonchev–Trinajstić information content (AvgIpc) is 3.11. The highest BCUT2D eigenvalue weighted by Crippen LogP contribution is 2.26. The molecule has 1 amide bonds. The second-order valence-electron chi connectivity index (χ2n) is 8.29. The number of benzene rings is 1. The Labute approximate surface area is 177 Å². The van der Waals surface area contributed by atoms with Crippen molar-refractivity contribution >= 4 is 5.91 Å². The van der Waals surface area contributed by atoms with E-state index in [2.05, 4.69) is 23.8 Å². The molecule has 7 heteroatoms. The summed E-state index contributed by atoms with van der Waals surface area (Å²) in [6.45, 7) is 8.41. The van der Waals surface area contributed by atoms with Crippen LogP contribution in [0.1, 0.15) is 33.7 Å². The zero-order valence-corrected chi connectivity index (χ0v) is 17.6. The molecule has 0 radical (unpaired) electrons. The van der Waals surface area contributed by atoms with Crippen LogP contribution in [0.25, 0.3) is 0 Å². The Hall–Kier alpha value is -2.51. The molecule has 4 rings (SSSR count). The SMILES string of the molecule is C=CCn1nc(C(=O)N2CCN(C)CC2)c2c1CC[C@H](NCc1ccc(F)cc1)C2. The van der Waals surface area contributed by atoms with Crippen LogP contribution >= 0.6 is 0 Å². The highest BCUT2D eigenvalue weighted by molar-refractivity contribution is 5.94. The van der Waals surface area contributed by atoms with Crippen molar-refractivity contribution in [2.45, 2.75) is 38.4 Å². The third-order valence-corrected chi connectivity index (χ3v) is 6.15. The predicted octanol–water partition coefficient (Wildman–Crippen LogP) is 2.24. The van der Waals surface area contributed by atoms with Gasteiger partial charge in [0, 0.05) is 50.0 Å². The van der Waals surface area contributed by atoms with Crippen molar-refractivity contribution in [3.05, 3.63) is 65.3 Å². The van der Waals surface area contributed by atoms with Gasteiger partial charge >= 0.3 is 0 Å². The first kappa shape index (κ1) is 20.8. The molecule has 0 bridgehead atoms. The van der Waals surface area contributed by atoms with Crippen molar-refractivity contribution in [1.82, 2.24) is 24.9 Å². The minimum atomic E-state index is -0.220. The number of allylic oxidation sites excluding steroid dienone is 1. The van der Waals surface area contributed by atoms with Gasteiger partial charge in [-0.05, 0) is 44.0 Å². The van der Waals surface area contributed by atoms with Crippen LogP contribution in [0.2, 0.25) is 0 Å². The van der Waals surface area contributed by atoms with Gasteiger partial charge in [-0.15, -0.1) is 6.58 Å². The lowest BCUT2D eigenvalue weighted by molar-refractivity contribution is 0.0656. The Kier molecular flexibility index (Phi) is 6.29. The Morgan fingerprint density at radius 3 is 2.70 bits per heavy atom. The van der Waals surface area contributed by atoms with E-state index in [9.17, 15) is 9.18 Å². The van der Waals surface area contributed by atoms with E-state index in [4.69, 9.17) is 5.10 Å². The normalized spacial score (nSPS) is 19.5. The minimum Gasteiger partial charge on any atom is -0.335 e. The van der Waals surface area contributed by atoms with Gasteiger partial charge in [0.2, 0.25) is 0 Å². The number of likely N-dealkylation sites (N-methyl/N-ethyl adjacent to an activating group) is 1. The van der Waals surface area contributed by atoms with Crippen molar-refractivity contribution in [2.75, 3.05) is 33.2 Å². The molecule has 2 aliphatic rings. The monoisotopic (exact) mass is 411 g/mol. The number of nitrogens with one attached hydrogen (secondary N) is 1. The lowest BCUT2D eigenvalue weighted by atomic mass is 9.90. The van der Waals surface area contributed by atoms with Gasteiger partial charge in [0.1, 0.15) is 5.82 Å². The molecule has 1 aromatic carbocycles. The van der Waals surface area contributed by atoms with E-state index in [0.29, 0.717) is 18.8 Å². The Morgan fingerprint density at radius 1 is 1.27 bits per heavy atom. The van der Waals surface area contributed by atoms with E-state index in [0.717, 1.165) is 62.3 Å². The fraction of sp³-hybridized carbons (Fsp3) is 0.478. The summed E-state index contributed by atoms with van der Waals surface area (Å²) in [7, 11) is 2.08. The van der Waals surface area contributed by atoms with Crippen molar-refractivity contribution in [3.8, 4) is 0 Å². The van der Waals surface area contributed by atoms with E-state index in [1.165, 1.54) is 12.1 Å². The quantitative estimate of drug-likeness (QED) is 0.741. The number of hydrogen-bond acceptors (Lipinski definition) is 4. The molecular formula is C23H30FN5O. The fourth-order valence-electron chi connectivity index (χ4n) is 4.33. The zero-order chi connectivity index (χ0) is 21.1. The third-order valence-electron chi connectivity index (χ3n) is 6.15. The summed E-state index contributed by atoms with van der Waals surface area (Å²) < 4.78 is 15.1. The predicted molar refractivity (Wildman–Crippen MR) is 115 cm³/mol. The Balaban J connectivity index is 1.50.